The summed E-state index contributed by atoms with van der Waals surface area (Å²) in [5.41, 5.74) is 0.806. The summed E-state index contributed by atoms with van der Waals surface area (Å²) in [6.45, 7) is 7.45. The van der Waals surface area contributed by atoms with Crippen molar-refractivity contribution in [1.82, 2.24) is 0 Å². The van der Waals surface area contributed by atoms with Crippen LogP contribution in [0.2, 0.25) is 0 Å². The molecule has 10 nitrogen and oxygen atoms in total. The lowest BCUT2D eigenvalue weighted by Gasteiger charge is -2.10. The fourth-order valence-electron chi connectivity index (χ4n) is 3.75. The molecule has 0 aliphatic heterocycles. The quantitative estimate of drug-likeness (QED) is 0.0768. The Labute approximate surface area is 334 Å². The number of ether oxygens (including phenoxy) is 6. The SMILES string of the molecule is CCO.CCOC(=O)/C=C/c1ccc(OC(F)(F)F)c(F)c1.CCOC(=O)/C=C\c1ccc(OC(F)(F)F)c(F)c1.CCOC(=O)CCc1ccc(OC(F)(F)F)c(F)c1. The Bertz CT molecular complexity index is 1750. The van der Waals surface area contributed by atoms with Crippen LogP contribution in [0.3, 0.4) is 0 Å². The second-order valence-electron chi connectivity index (χ2n) is 10.6. The van der Waals surface area contributed by atoms with Crippen LogP contribution in [-0.2, 0) is 35.0 Å². The summed E-state index contributed by atoms with van der Waals surface area (Å²) in [7, 11) is 0. The summed E-state index contributed by atoms with van der Waals surface area (Å²) in [5, 5.41) is 7.57. The normalized spacial score (nSPS) is 11.2. The molecule has 22 heteroatoms. The van der Waals surface area contributed by atoms with E-state index in [1.807, 2.05) is 0 Å². The molecule has 0 aromatic heterocycles. The number of hydrogen-bond acceptors (Lipinski definition) is 10. The van der Waals surface area contributed by atoms with E-state index in [0.717, 1.165) is 48.6 Å². The first-order valence-electron chi connectivity index (χ1n) is 17.0. The van der Waals surface area contributed by atoms with Crippen molar-refractivity contribution in [2.45, 2.75) is 59.6 Å². The van der Waals surface area contributed by atoms with Crippen molar-refractivity contribution in [3.63, 3.8) is 0 Å². The van der Waals surface area contributed by atoms with Crippen LogP contribution >= 0.6 is 0 Å². The number of alkyl halides is 9. The topological polar surface area (TPSA) is 127 Å². The Kier molecular flexibility index (Phi) is 24.3. The van der Waals surface area contributed by atoms with Crippen LogP contribution in [0.5, 0.6) is 17.2 Å². The summed E-state index contributed by atoms with van der Waals surface area (Å²) < 4.78 is 171. The maximum atomic E-state index is 13.3. The molecule has 0 bridgehead atoms. The van der Waals surface area contributed by atoms with Crippen LogP contribution in [0.4, 0.5) is 52.7 Å². The highest BCUT2D eigenvalue weighted by atomic mass is 19.4. The maximum Gasteiger partial charge on any atom is 0.573 e. The van der Waals surface area contributed by atoms with E-state index in [-0.39, 0.29) is 50.4 Å². The minimum absolute atomic E-state index is 0.0345. The number of carbonyl (C=O) groups excluding carboxylic acids is 3. The van der Waals surface area contributed by atoms with Gasteiger partial charge in [-0.3, -0.25) is 4.79 Å². The summed E-state index contributed by atoms with van der Waals surface area (Å²) >= 11 is 0. The zero-order chi connectivity index (χ0) is 46.1. The van der Waals surface area contributed by atoms with Gasteiger partial charge in [0, 0.05) is 25.2 Å². The first-order valence-corrected chi connectivity index (χ1v) is 17.0. The minimum Gasteiger partial charge on any atom is -0.466 e. The third kappa shape index (κ3) is 26.1. The van der Waals surface area contributed by atoms with Gasteiger partial charge in [0.05, 0.1) is 19.8 Å². The molecule has 0 saturated heterocycles. The molecule has 3 rings (SSSR count). The van der Waals surface area contributed by atoms with Crippen LogP contribution < -0.4 is 14.2 Å². The van der Waals surface area contributed by atoms with E-state index in [9.17, 15) is 67.1 Å². The van der Waals surface area contributed by atoms with E-state index in [2.05, 4.69) is 28.4 Å². The number of hydrogen-bond donors (Lipinski definition) is 1. The Balaban J connectivity index is 0.000000841. The van der Waals surface area contributed by atoms with Crippen molar-refractivity contribution in [2.75, 3.05) is 26.4 Å². The van der Waals surface area contributed by atoms with Crippen molar-refractivity contribution in [2.24, 2.45) is 0 Å². The van der Waals surface area contributed by atoms with Gasteiger partial charge in [0.25, 0.3) is 0 Å². The maximum absolute atomic E-state index is 13.3. The number of esters is 3. The summed E-state index contributed by atoms with van der Waals surface area (Å²) in [6, 6.07) is 8.70. The van der Waals surface area contributed by atoms with Crippen LogP contribution in [0.1, 0.15) is 50.8 Å². The summed E-state index contributed by atoms with van der Waals surface area (Å²) in [4.78, 5) is 33.0. The summed E-state index contributed by atoms with van der Waals surface area (Å²) in [5.74, 6) is -7.94. The zero-order valence-corrected chi connectivity index (χ0v) is 31.9. The van der Waals surface area contributed by atoms with Crippen molar-refractivity contribution in [3.8, 4) is 17.2 Å². The number of benzene rings is 3. The lowest BCUT2D eigenvalue weighted by Crippen LogP contribution is -2.18. The molecule has 334 valence electrons. The van der Waals surface area contributed by atoms with Crippen LogP contribution in [0.25, 0.3) is 12.2 Å². The molecule has 0 amide bonds. The average molecular weight is 883 g/mol. The van der Waals surface area contributed by atoms with Gasteiger partial charge in [-0.05, 0) is 99.4 Å². The second-order valence-corrected chi connectivity index (χ2v) is 10.6. The Hall–Kier alpha value is -5.93. The molecular formula is C38H38F12O10. The lowest BCUT2D eigenvalue weighted by atomic mass is 10.1. The number of aliphatic hydroxyl groups excluding tert-OH is 1. The molecule has 0 unspecified atom stereocenters. The van der Waals surface area contributed by atoms with Gasteiger partial charge in [-0.1, -0.05) is 18.2 Å². The van der Waals surface area contributed by atoms with Crippen molar-refractivity contribution in [1.29, 1.82) is 0 Å². The van der Waals surface area contributed by atoms with Crippen molar-refractivity contribution in [3.05, 3.63) is 101 Å². The van der Waals surface area contributed by atoms with Gasteiger partial charge >= 0.3 is 37.0 Å². The van der Waals surface area contributed by atoms with E-state index < -0.39 is 71.7 Å². The standard InChI is InChI=1S/C12H12F4O3.2C12H10F4O3.C2H6O/c3*1-2-18-11(17)6-4-8-3-5-10(9(13)7-8)19-12(14,15)16;1-2-3/h3,5,7H,2,4,6H2,1H3;2*3-7H,2H2,1H3;3H,2H2,1H3/b;6-4+;6-4-;. The van der Waals surface area contributed by atoms with E-state index in [4.69, 9.17) is 5.11 Å². The molecule has 1 N–H and O–H groups in total. The predicted molar refractivity (Wildman–Crippen MR) is 188 cm³/mol. The van der Waals surface area contributed by atoms with Crippen LogP contribution in [-0.4, -0.2) is 68.5 Å². The van der Waals surface area contributed by atoms with Gasteiger partial charge in [-0.25, -0.2) is 22.8 Å². The Morgan fingerprint density at radius 2 is 0.883 bits per heavy atom. The molecule has 0 atom stereocenters. The molecule has 0 saturated carbocycles. The third-order valence-electron chi connectivity index (χ3n) is 5.91. The smallest absolute Gasteiger partial charge is 0.466 e. The molecule has 60 heavy (non-hydrogen) atoms. The van der Waals surface area contributed by atoms with E-state index in [1.54, 1.807) is 27.7 Å². The number of carbonyl (C=O) groups is 3. The van der Waals surface area contributed by atoms with Gasteiger partial charge < -0.3 is 33.5 Å². The van der Waals surface area contributed by atoms with E-state index in [0.29, 0.717) is 5.56 Å². The fourth-order valence-corrected chi connectivity index (χ4v) is 3.75. The molecule has 3 aromatic carbocycles. The lowest BCUT2D eigenvalue weighted by molar-refractivity contribution is -0.276. The van der Waals surface area contributed by atoms with E-state index in [1.165, 1.54) is 30.4 Å². The van der Waals surface area contributed by atoms with Crippen LogP contribution in [0.15, 0.2) is 66.7 Å². The number of aryl methyl sites for hydroxylation is 1. The average Bonchev–Trinajstić information content (AvgIpc) is 3.12. The molecular weight excluding hydrogens is 844 g/mol. The number of rotatable bonds is 13. The van der Waals surface area contributed by atoms with Gasteiger partial charge in [0.2, 0.25) is 0 Å². The highest BCUT2D eigenvalue weighted by Crippen LogP contribution is 2.28. The highest BCUT2D eigenvalue weighted by molar-refractivity contribution is 5.87. The molecule has 0 radical (unpaired) electrons. The van der Waals surface area contributed by atoms with Gasteiger partial charge in [-0.2, -0.15) is 0 Å². The monoisotopic (exact) mass is 882 g/mol. The van der Waals surface area contributed by atoms with E-state index >= 15 is 0 Å². The van der Waals surface area contributed by atoms with Gasteiger partial charge in [0.15, 0.2) is 34.7 Å². The summed E-state index contributed by atoms with van der Waals surface area (Å²) in [6.07, 6.45) is -10.1. The van der Waals surface area contributed by atoms with Gasteiger partial charge in [0.1, 0.15) is 0 Å². The van der Waals surface area contributed by atoms with Crippen molar-refractivity contribution >= 4 is 30.1 Å². The highest BCUT2D eigenvalue weighted by Gasteiger charge is 2.34. The Morgan fingerprint density at radius 1 is 0.550 bits per heavy atom. The predicted octanol–water partition coefficient (Wildman–Crippen LogP) is 9.82. The first kappa shape index (κ1) is 54.1. The number of aliphatic hydroxyl groups is 1. The fraction of sp³-hybridized carbons (Fsp3) is 0.342. The molecule has 0 aliphatic rings. The van der Waals surface area contributed by atoms with Gasteiger partial charge in [-0.15, -0.1) is 39.5 Å². The molecule has 0 heterocycles. The first-order chi connectivity index (χ1) is 27.9. The molecule has 0 aliphatic carbocycles. The van der Waals surface area contributed by atoms with Crippen LogP contribution in [0, 0.1) is 17.5 Å². The molecule has 0 spiro atoms. The largest absolute Gasteiger partial charge is 0.573 e. The van der Waals surface area contributed by atoms with Crippen molar-refractivity contribution < 1.29 is 101 Å². The minimum atomic E-state index is -4.96. The molecule has 3 aromatic rings. The molecule has 0 fully saturated rings. The Morgan fingerprint density at radius 3 is 1.18 bits per heavy atom. The zero-order valence-electron chi connectivity index (χ0n) is 31.9. The second kappa shape index (κ2) is 26.9. The third-order valence-corrected chi connectivity index (χ3v) is 5.91. The number of halogens is 12.